The van der Waals surface area contributed by atoms with E-state index in [0.717, 1.165) is 51.2 Å². The number of anilines is 1. The van der Waals surface area contributed by atoms with Gasteiger partial charge in [-0.2, -0.15) is 13.5 Å². The monoisotopic (exact) mass is 799 g/mol. The number of esters is 2. The van der Waals surface area contributed by atoms with E-state index in [9.17, 15) is 28.0 Å². The predicted octanol–water partition coefficient (Wildman–Crippen LogP) is 8.09. The van der Waals surface area contributed by atoms with Crippen molar-refractivity contribution in [1.29, 1.82) is 0 Å². The Morgan fingerprint density at radius 3 is 2.29 bits per heavy atom. The third-order valence-corrected chi connectivity index (χ3v) is 10.8. The number of carbonyl (C=O) groups is 2. The van der Waals surface area contributed by atoms with Crippen molar-refractivity contribution >= 4 is 40.8 Å². The van der Waals surface area contributed by atoms with Gasteiger partial charge in [0.15, 0.2) is 29.9 Å². The molecule has 3 atom stereocenters. The first-order chi connectivity index (χ1) is 26.5. The van der Waals surface area contributed by atoms with Crippen LogP contribution in [0.2, 0.25) is 10.0 Å². The lowest BCUT2D eigenvalue weighted by Gasteiger charge is -2.44. The standard InChI is InChI=1S/C40H38Cl2F3N3O7/c41-31-19-48(51)20-32(42)30(31)18-34(26-8-11-33(55-40(44)45)35(17-26)52-22-23-4-5-23)53-38(49)25-6-9-29(10-7-25)46-37(27-2-1-3-28(43)16-27)39(50)54-36-21-47-14-12-24(36)13-15-47/h1-3,6-11,16-17,19-20,23-24,34,36-37,40,46H,4-5,12-15,18,21-22H2/t34?,36-,37?/m0/s1. The number of piperidine rings is 3. The molecule has 2 unspecified atom stereocenters. The number of hydrogen-bond acceptors (Lipinski definition) is 9. The largest absolute Gasteiger partial charge is 0.619 e. The van der Waals surface area contributed by atoms with Crippen LogP contribution in [0.1, 0.15) is 64.9 Å². The Labute approximate surface area is 325 Å². The van der Waals surface area contributed by atoms with E-state index >= 15 is 0 Å². The van der Waals surface area contributed by atoms with E-state index < -0.39 is 36.5 Å². The lowest BCUT2D eigenvalue weighted by Crippen LogP contribution is -2.52. The highest BCUT2D eigenvalue weighted by atomic mass is 35.5. The number of nitrogens with one attached hydrogen (secondary N) is 1. The normalized spacial score (nSPS) is 20.1. The lowest BCUT2D eigenvalue weighted by atomic mass is 9.86. The lowest BCUT2D eigenvalue weighted by molar-refractivity contribution is -0.605. The second-order valence-electron chi connectivity index (χ2n) is 14.1. The van der Waals surface area contributed by atoms with Crippen molar-refractivity contribution in [3.8, 4) is 11.5 Å². The second kappa shape index (κ2) is 17.0. The Morgan fingerprint density at radius 1 is 0.927 bits per heavy atom. The van der Waals surface area contributed by atoms with E-state index in [0.29, 0.717) is 46.2 Å². The van der Waals surface area contributed by atoms with Crippen LogP contribution in [0.25, 0.3) is 0 Å². The number of ether oxygens (including phenoxy) is 4. The molecule has 55 heavy (non-hydrogen) atoms. The molecule has 3 aromatic carbocycles. The molecule has 1 aromatic heterocycles. The summed E-state index contributed by atoms with van der Waals surface area (Å²) in [6, 6.07) is 15.1. The number of halogens is 5. The smallest absolute Gasteiger partial charge is 0.387 e. The van der Waals surface area contributed by atoms with Crippen LogP contribution < -0.4 is 19.5 Å². The van der Waals surface area contributed by atoms with E-state index in [1.165, 1.54) is 48.5 Å². The molecule has 10 nitrogen and oxygen atoms in total. The van der Waals surface area contributed by atoms with Gasteiger partial charge in [-0.05, 0) is 110 Å². The summed E-state index contributed by atoms with van der Waals surface area (Å²) in [5, 5.41) is 15.2. The van der Waals surface area contributed by atoms with Crippen LogP contribution in [0.5, 0.6) is 11.5 Å². The van der Waals surface area contributed by atoms with Crippen LogP contribution >= 0.6 is 23.2 Å². The number of benzene rings is 3. The van der Waals surface area contributed by atoms with Gasteiger partial charge in [-0.3, -0.25) is 4.90 Å². The molecule has 4 aromatic rings. The molecule has 1 aliphatic carbocycles. The van der Waals surface area contributed by atoms with Crippen molar-refractivity contribution in [2.24, 2.45) is 11.8 Å². The third-order valence-electron chi connectivity index (χ3n) is 10.1. The van der Waals surface area contributed by atoms with Crippen molar-refractivity contribution in [3.05, 3.63) is 122 Å². The van der Waals surface area contributed by atoms with Crippen LogP contribution in [0.4, 0.5) is 18.9 Å². The van der Waals surface area contributed by atoms with Gasteiger partial charge in [0.25, 0.3) is 0 Å². The van der Waals surface area contributed by atoms with Crippen LogP contribution in [0.3, 0.4) is 0 Å². The second-order valence-corrected chi connectivity index (χ2v) is 14.9. The molecule has 1 saturated carbocycles. The molecule has 4 heterocycles. The van der Waals surface area contributed by atoms with Gasteiger partial charge in [-0.25, -0.2) is 14.0 Å². The highest BCUT2D eigenvalue weighted by Crippen LogP contribution is 2.38. The molecule has 8 rings (SSSR count). The van der Waals surface area contributed by atoms with Crippen LogP contribution in [0, 0.1) is 22.9 Å². The van der Waals surface area contributed by atoms with Gasteiger partial charge in [-0.1, -0.05) is 41.4 Å². The zero-order chi connectivity index (χ0) is 38.6. The van der Waals surface area contributed by atoms with Gasteiger partial charge in [-0.15, -0.1) is 0 Å². The summed E-state index contributed by atoms with van der Waals surface area (Å²) in [4.78, 5) is 29.6. The summed E-state index contributed by atoms with van der Waals surface area (Å²) >= 11 is 12.8. The molecule has 15 heteroatoms. The number of carbonyl (C=O) groups excluding carboxylic acids is 2. The van der Waals surface area contributed by atoms with E-state index in [-0.39, 0.29) is 45.6 Å². The molecular formula is C40H38Cl2F3N3O7. The topological polar surface area (TPSA) is 113 Å². The highest BCUT2D eigenvalue weighted by molar-refractivity contribution is 6.35. The molecule has 4 aliphatic rings. The maximum atomic E-state index is 14.3. The molecule has 2 bridgehead atoms. The van der Waals surface area contributed by atoms with Gasteiger partial charge >= 0.3 is 18.6 Å². The number of fused-ring (bicyclic) bond motifs is 3. The first-order valence-electron chi connectivity index (χ1n) is 18.0. The Bertz CT molecular complexity index is 1990. The summed E-state index contributed by atoms with van der Waals surface area (Å²) in [7, 11) is 0. The van der Waals surface area contributed by atoms with Crippen molar-refractivity contribution in [2.45, 2.75) is 57.0 Å². The molecule has 0 amide bonds. The van der Waals surface area contributed by atoms with Crippen molar-refractivity contribution in [2.75, 3.05) is 31.6 Å². The summed E-state index contributed by atoms with van der Waals surface area (Å²) < 4.78 is 63.8. The fraction of sp³-hybridized carbons (Fsp3) is 0.375. The number of pyridine rings is 1. The number of aromatic nitrogens is 1. The van der Waals surface area contributed by atoms with E-state index in [2.05, 4.69) is 15.0 Å². The van der Waals surface area contributed by atoms with Crippen LogP contribution in [0.15, 0.2) is 79.1 Å². The first-order valence-corrected chi connectivity index (χ1v) is 18.8. The zero-order valence-electron chi connectivity index (χ0n) is 29.5. The zero-order valence-corrected chi connectivity index (χ0v) is 31.0. The first kappa shape index (κ1) is 38.6. The molecule has 0 spiro atoms. The molecule has 290 valence electrons. The SMILES string of the molecule is O=C(OC(Cc1c(Cl)c[n+]([O-])cc1Cl)c1ccc(OC(F)F)c(OCC2CC2)c1)c1ccc(NC(C(=O)O[C@H]2CN3CCC2CC3)c2cccc(F)c2)cc1. The van der Waals surface area contributed by atoms with E-state index in [1.54, 1.807) is 18.2 Å². The van der Waals surface area contributed by atoms with Crippen molar-refractivity contribution in [1.82, 2.24) is 4.90 Å². The van der Waals surface area contributed by atoms with E-state index in [4.69, 9.17) is 37.4 Å². The van der Waals surface area contributed by atoms with Gasteiger partial charge in [0, 0.05) is 24.2 Å². The number of nitrogens with zero attached hydrogens (tertiary/aromatic N) is 2. The summed E-state index contributed by atoms with van der Waals surface area (Å²) in [6.07, 6.45) is 4.62. The maximum Gasteiger partial charge on any atom is 0.387 e. The minimum Gasteiger partial charge on any atom is -0.619 e. The summed E-state index contributed by atoms with van der Waals surface area (Å²) in [5.41, 5.74) is 1.65. The predicted molar refractivity (Wildman–Crippen MR) is 197 cm³/mol. The van der Waals surface area contributed by atoms with Crippen molar-refractivity contribution < 1.29 is 46.4 Å². The molecule has 4 fully saturated rings. The van der Waals surface area contributed by atoms with E-state index in [1.807, 2.05) is 0 Å². The molecule has 3 saturated heterocycles. The number of rotatable bonds is 15. The van der Waals surface area contributed by atoms with Crippen LogP contribution in [-0.2, 0) is 20.7 Å². The quantitative estimate of drug-likeness (QED) is 0.0725. The molecule has 0 radical (unpaired) electrons. The maximum absolute atomic E-state index is 14.3. The molecule has 3 aliphatic heterocycles. The van der Waals surface area contributed by atoms with Gasteiger partial charge < -0.3 is 29.5 Å². The Balaban J connectivity index is 1.11. The van der Waals surface area contributed by atoms with Crippen molar-refractivity contribution in [3.63, 3.8) is 0 Å². The minimum absolute atomic E-state index is 0.0294. The Morgan fingerprint density at radius 2 is 1.65 bits per heavy atom. The van der Waals surface area contributed by atoms with Gasteiger partial charge in [0.1, 0.15) is 28.1 Å². The fourth-order valence-corrected chi connectivity index (χ4v) is 7.55. The Kier molecular flexibility index (Phi) is 11.9. The average Bonchev–Trinajstić information content (AvgIpc) is 3.99. The minimum atomic E-state index is -3.10. The van der Waals surface area contributed by atoms with Crippen LogP contribution in [-0.4, -0.2) is 55.8 Å². The summed E-state index contributed by atoms with van der Waals surface area (Å²) in [6.45, 7) is -0.180. The number of hydrogen-bond donors (Lipinski definition) is 1. The van der Waals surface area contributed by atoms with Gasteiger partial charge in [0.2, 0.25) is 0 Å². The fourth-order valence-electron chi connectivity index (χ4n) is 6.95. The highest BCUT2D eigenvalue weighted by Gasteiger charge is 2.38. The number of alkyl halides is 2. The average molecular weight is 801 g/mol. The third kappa shape index (κ3) is 9.75. The van der Waals surface area contributed by atoms with Gasteiger partial charge in [0.05, 0.1) is 12.2 Å². The molecular weight excluding hydrogens is 762 g/mol. The summed E-state index contributed by atoms with van der Waals surface area (Å²) in [5.74, 6) is -1.36. The molecule has 1 N–H and O–H groups in total. The Hall–Kier alpha value is -4.72.